The average Bonchev–Trinajstić information content (AvgIpc) is 3.84. The van der Waals surface area contributed by atoms with Gasteiger partial charge in [0, 0.05) is 32.4 Å². The van der Waals surface area contributed by atoms with Gasteiger partial charge in [-0.05, 0) is 79.2 Å². The molecule has 2 amide bonds. The number of nitrogens with zero attached hydrogens (tertiary/aromatic N) is 1. The molecule has 0 unspecified atom stereocenters. The maximum atomic E-state index is 13.2. The SMILES string of the molecule is O=C(CC1CCN(C(=O)CCc2ccccc2)CC1)N[C@@H](Cc1ccc(OCc2ccccc2)cc1)C(=O)CC1CC1. The molecular formula is C36H42N2O4. The third kappa shape index (κ3) is 9.30. The van der Waals surface area contributed by atoms with E-state index in [1.54, 1.807) is 0 Å². The van der Waals surface area contributed by atoms with Gasteiger partial charge in [0.25, 0.3) is 0 Å². The van der Waals surface area contributed by atoms with E-state index >= 15 is 0 Å². The Kier molecular flexibility index (Phi) is 10.4. The van der Waals surface area contributed by atoms with Gasteiger partial charge in [-0.1, -0.05) is 72.8 Å². The monoisotopic (exact) mass is 566 g/mol. The molecule has 1 saturated heterocycles. The van der Waals surface area contributed by atoms with Crippen molar-refractivity contribution in [3.05, 3.63) is 102 Å². The van der Waals surface area contributed by atoms with Gasteiger partial charge in [0.05, 0.1) is 6.04 Å². The van der Waals surface area contributed by atoms with E-state index in [2.05, 4.69) is 17.4 Å². The van der Waals surface area contributed by atoms with Crippen LogP contribution in [0.1, 0.15) is 61.6 Å². The van der Waals surface area contributed by atoms with Gasteiger partial charge in [-0.3, -0.25) is 14.4 Å². The number of carbonyl (C=O) groups is 3. The lowest BCUT2D eigenvalue weighted by Crippen LogP contribution is -2.44. The molecule has 1 atom stereocenters. The van der Waals surface area contributed by atoms with Crippen molar-refractivity contribution in [1.82, 2.24) is 10.2 Å². The molecule has 1 N–H and O–H groups in total. The molecule has 1 aliphatic heterocycles. The van der Waals surface area contributed by atoms with E-state index < -0.39 is 6.04 Å². The van der Waals surface area contributed by atoms with Gasteiger partial charge in [0.15, 0.2) is 5.78 Å². The molecular weight excluding hydrogens is 524 g/mol. The molecule has 3 aromatic carbocycles. The first-order valence-corrected chi connectivity index (χ1v) is 15.4. The molecule has 1 saturated carbocycles. The molecule has 6 nitrogen and oxygen atoms in total. The van der Waals surface area contributed by atoms with Crippen LogP contribution in [-0.2, 0) is 33.8 Å². The molecule has 0 bridgehead atoms. The molecule has 3 aromatic rings. The fourth-order valence-electron chi connectivity index (χ4n) is 5.65. The summed E-state index contributed by atoms with van der Waals surface area (Å²) in [5.74, 6) is 1.70. The number of hydrogen-bond donors (Lipinski definition) is 1. The number of benzene rings is 3. The number of hydrogen-bond acceptors (Lipinski definition) is 4. The van der Waals surface area contributed by atoms with Crippen LogP contribution in [0.2, 0.25) is 0 Å². The summed E-state index contributed by atoms with van der Waals surface area (Å²) in [5, 5.41) is 3.08. The number of aryl methyl sites for hydroxylation is 1. The second-order valence-electron chi connectivity index (χ2n) is 11.9. The van der Waals surface area contributed by atoms with Gasteiger partial charge in [0.2, 0.25) is 11.8 Å². The van der Waals surface area contributed by atoms with E-state index in [9.17, 15) is 14.4 Å². The van der Waals surface area contributed by atoms with Crippen molar-refractivity contribution in [2.45, 2.75) is 70.4 Å². The van der Waals surface area contributed by atoms with Crippen LogP contribution in [0.5, 0.6) is 5.75 Å². The van der Waals surface area contributed by atoms with Crippen molar-refractivity contribution in [1.29, 1.82) is 0 Å². The smallest absolute Gasteiger partial charge is 0.222 e. The fraction of sp³-hybridized carbons (Fsp3) is 0.417. The van der Waals surface area contributed by atoms with Crippen molar-refractivity contribution in [3.63, 3.8) is 0 Å². The number of ether oxygens (including phenoxy) is 1. The van der Waals surface area contributed by atoms with Crippen LogP contribution in [0.15, 0.2) is 84.9 Å². The molecule has 2 fully saturated rings. The maximum absolute atomic E-state index is 13.2. The Morgan fingerprint density at radius 1 is 0.738 bits per heavy atom. The summed E-state index contributed by atoms with van der Waals surface area (Å²) in [4.78, 5) is 40.9. The lowest BCUT2D eigenvalue weighted by Gasteiger charge is -2.32. The molecule has 220 valence electrons. The van der Waals surface area contributed by atoms with Crippen LogP contribution in [0.4, 0.5) is 0 Å². The second kappa shape index (κ2) is 14.8. The van der Waals surface area contributed by atoms with E-state index in [0.29, 0.717) is 51.3 Å². The van der Waals surface area contributed by atoms with E-state index in [0.717, 1.165) is 49.0 Å². The van der Waals surface area contributed by atoms with Gasteiger partial charge in [-0.25, -0.2) is 0 Å². The Morgan fingerprint density at radius 3 is 2.00 bits per heavy atom. The number of Topliss-reactive ketones (excluding diaryl/α,β-unsaturated/α-hetero) is 1. The maximum Gasteiger partial charge on any atom is 0.222 e. The lowest BCUT2D eigenvalue weighted by molar-refractivity contribution is -0.133. The molecule has 0 aromatic heterocycles. The molecule has 1 aliphatic carbocycles. The van der Waals surface area contributed by atoms with Gasteiger partial charge in [-0.15, -0.1) is 0 Å². The minimum absolute atomic E-state index is 0.0687. The van der Waals surface area contributed by atoms with E-state index in [1.807, 2.05) is 77.7 Å². The van der Waals surface area contributed by atoms with Gasteiger partial charge in [-0.2, -0.15) is 0 Å². The van der Waals surface area contributed by atoms with Crippen molar-refractivity contribution >= 4 is 17.6 Å². The van der Waals surface area contributed by atoms with E-state index in [4.69, 9.17) is 4.74 Å². The van der Waals surface area contributed by atoms with Crippen molar-refractivity contribution in [2.24, 2.45) is 11.8 Å². The predicted molar refractivity (Wildman–Crippen MR) is 164 cm³/mol. The van der Waals surface area contributed by atoms with Crippen LogP contribution < -0.4 is 10.1 Å². The third-order valence-corrected chi connectivity index (χ3v) is 8.43. The molecule has 0 radical (unpaired) electrons. The Morgan fingerprint density at radius 2 is 1.36 bits per heavy atom. The fourth-order valence-corrected chi connectivity index (χ4v) is 5.65. The number of piperidine rings is 1. The Balaban J connectivity index is 1.08. The summed E-state index contributed by atoms with van der Waals surface area (Å²) in [6, 6.07) is 27.4. The Labute approximate surface area is 249 Å². The zero-order valence-electron chi connectivity index (χ0n) is 24.4. The van der Waals surface area contributed by atoms with E-state index in [-0.39, 0.29) is 23.5 Å². The minimum atomic E-state index is -0.520. The highest BCUT2D eigenvalue weighted by Gasteiger charge is 2.30. The van der Waals surface area contributed by atoms with Gasteiger partial charge in [0.1, 0.15) is 12.4 Å². The molecule has 6 heteroatoms. The number of amides is 2. The highest BCUT2D eigenvalue weighted by atomic mass is 16.5. The van der Waals surface area contributed by atoms with Crippen LogP contribution in [-0.4, -0.2) is 41.6 Å². The number of rotatable bonds is 14. The zero-order valence-corrected chi connectivity index (χ0v) is 24.4. The number of likely N-dealkylation sites (tertiary alicyclic amines) is 1. The third-order valence-electron chi connectivity index (χ3n) is 8.43. The summed E-state index contributed by atoms with van der Waals surface area (Å²) in [5.41, 5.74) is 3.28. The summed E-state index contributed by atoms with van der Waals surface area (Å²) < 4.78 is 5.90. The first kappa shape index (κ1) is 29.6. The number of nitrogens with one attached hydrogen (secondary N) is 1. The summed E-state index contributed by atoms with van der Waals surface area (Å²) in [6.45, 7) is 1.88. The number of carbonyl (C=O) groups excluding carboxylic acids is 3. The van der Waals surface area contributed by atoms with Crippen LogP contribution >= 0.6 is 0 Å². The van der Waals surface area contributed by atoms with Crippen LogP contribution in [0, 0.1) is 11.8 Å². The van der Waals surface area contributed by atoms with Gasteiger partial charge < -0.3 is 15.0 Å². The summed E-state index contributed by atoms with van der Waals surface area (Å²) in [7, 11) is 0. The second-order valence-corrected chi connectivity index (χ2v) is 11.9. The Hall–Kier alpha value is -3.93. The van der Waals surface area contributed by atoms with Crippen LogP contribution in [0.25, 0.3) is 0 Å². The largest absolute Gasteiger partial charge is 0.489 e. The molecule has 2 aliphatic rings. The topological polar surface area (TPSA) is 75.7 Å². The van der Waals surface area contributed by atoms with Crippen molar-refractivity contribution in [2.75, 3.05) is 13.1 Å². The highest BCUT2D eigenvalue weighted by Crippen LogP contribution is 2.33. The first-order valence-electron chi connectivity index (χ1n) is 15.4. The zero-order chi connectivity index (χ0) is 29.1. The van der Waals surface area contributed by atoms with Crippen molar-refractivity contribution in [3.8, 4) is 5.75 Å². The average molecular weight is 567 g/mol. The standard InChI is InChI=1S/C36H42N2O4/c39-34(24-29-11-12-29)33(23-28-13-16-32(17-14-28)42-26-31-9-5-2-6-10-31)37-35(40)25-30-19-21-38(22-20-30)36(41)18-15-27-7-3-1-4-8-27/h1-10,13-14,16-17,29-30,33H,11-12,15,18-26H2,(H,37,40)/t33-/m0/s1. The number of ketones is 1. The molecule has 42 heavy (non-hydrogen) atoms. The summed E-state index contributed by atoms with van der Waals surface area (Å²) >= 11 is 0. The van der Waals surface area contributed by atoms with E-state index in [1.165, 1.54) is 5.56 Å². The molecule has 5 rings (SSSR count). The molecule has 1 heterocycles. The first-order chi connectivity index (χ1) is 20.5. The quantitative estimate of drug-likeness (QED) is 0.263. The Bertz CT molecular complexity index is 1300. The predicted octanol–water partition coefficient (Wildman–Crippen LogP) is 5.92. The van der Waals surface area contributed by atoms with Crippen molar-refractivity contribution < 1.29 is 19.1 Å². The lowest BCUT2D eigenvalue weighted by atomic mass is 9.92. The van der Waals surface area contributed by atoms with Crippen LogP contribution in [0.3, 0.4) is 0 Å². The normalized spacial score (nSPS) is 16.0. The van der Waals surface area contributed by atoms with Gasteiger partial charge >= 0.3 is 0 Å². The highest BCUT2D eigenvalue weighted by molar-refractivity contribution is 5.89. The summed E-state index contributed by atoms with van der Waals surface area (Å²) in [6.07, 6.45) is 6.50. The molecule has 0 spiro atoms. The minimum Gasteiger partial charge on any atom is -0.489 e.